The lowest BCUT2D eigenvalue weighted by molar-refractivity contribution is 0.112. The molecular weight excluding hydrogens is 250 g/mol. The van der Waals surface area contributed by atoms with Crippen LogP contribution in [0, 0.1) is 0 Å². The Labute approximate surface area is 112 Å². The van der Waals surface area contributed by atoms with Gasteiger partial charge in [0.15, 0.2) is 6.29 Å². The number of hydrogen-bond acceptors (Lipinski definition) is 3. The van der Waals surface area contributed by atoms with Crippen molar-refractivity contribution in [2.75, 3.05) is 18.1 Å². The van der Waals surface area contributed by atoms with Crippen LogP contribution in [-0.2, 0) is 0 Å². The lowest BCUT2D eigenvalue weighted by atomic mass is 10.1. The van der Waals surface area contributed by atoms with Gasteiger partial charge in [-0.25, -0.2) is 0 Å². The summed E-state index contributed by atoms with van der Waals surface area (Å²) in [5, 5.41) is 9.85. The minimum absolute atomic E-state index is 0.0846. The maximum absolute atomic E-state index is 11.1. The Kier molecular flexibility index (Phi) is 4.61. The van der Waals surface area contributed by atoms with Gasteiger partial charge in [-0.3, -0.25) is 4.79 Å². The van der Waals surface area contributed by atoms with Crippen LogP contribution in [0.5, 0.6) is 0 Å². The molecular formula is C14H18ClNO2. The largest absolute Gasteiger partial charge is 0.395 e. The molecule has 0 atom stereocenters. The molecule has 0 aromatic heterocycles. The number of halogens is 1. The number of carbonyl (C=O) groups excluding carboxylic acids is 1. The molecule has 0 amide bonds. The predicted octanol–water partition coefficient (Wildman–Crippen LogP) is 2.89. The third-order valence-corrected chi connectivity index (χ3v) is 3.77. The molecule has 1 saturated carbocycles. The average Bonchev–Trinajstić information content (AvgIpc) is 2.89. The maximum Gasteiger partial charge on any atom is 0.152 e. The summed E-state index contributed by atoms with van der Waals surface area (Å²) in [6.07, 6.45) is 5.51. The highest BCUT2D eigenvalue weighted by Crippen LogP contribution is 2.31. The lowest BCUT2D eigenvalue weighted by Crippen LogP contribution is -2.36. The summed E-state index contributed by atoms with van der Waals surface area (Å²) < 4.78 is 0. The van der Waals surface area contributed by atoms with E-state index in [1.807, 2.05) is 6.07 Å². The summed E-state index contributed by atoms with van der Waals surface area (Å²) in [5.74, 6) is 0. The standard InChI is InChI=1S/C14H18ClNO2/c15-12-6-5-11(10-18)14(9-12)16(7-8-17)13-3-1-2-4-13/h5-6,9-10,13,17H,1-4,7-8H2. The first-order valence-corrected chi connectivity index (χ1v) is 6.76. The Hall–Kier alpha value is -1.06. The van der Waals surface area contributed by atoms with Crippen LogP contribution in [0.4, 0.5) is 5.69 Å². The van der Waals surface area contributed by atoms with Crippen LogP contribution in [0.3, 0.4) is 0 Å². The molecule has 1 aliphatic rings. The molecule has 0 bridgehead atoms. The number of aliphatic hydroxyl groups excluding tert-OH is 1. The van der Waals surface area contributed by atoms with Crippen LogP contribution in [0.2, 0.25) is 5.02 Å². The first-order chi connectivity index (χ1) is 8.76. The van der Waals surface area contributed by atoms with Gasteiger partial charge in [-0.15, -0.1) is 0 Å². The first-order valence-electron chi connectivity index (χ1n) is 6.38. The normalized spacial score (nSPS) is 15.9. The third-order valence-electron chi connectivity index (χ3n) is 3.54. The molecule has 1 aromatic rings. The van der Waals surface area contributed by atoms with Crippen molar-refractivity contribution in [1.29, 1.82) is 0 Å². The van der Waals surface area contributed by atoms with Gasteiger partial charge in [-0.2, -0.15) is 0 Å². The topological polar surface area (TPSA) is 40.5 Å². The molecule has 0 saturated heterocycles. The Morgan fingerprint density at radius 2 is 2.11 bits per heavy atom. The maximum atomic E-state index is 11.1. The van der Waals surface area contributed by atoms with E-state index >= 15 is 0 Å². The number of aliphatic hydroxyl groups is 1. The van der Waals surface area contributed by atoms with E-state index in [1.54, 1.807) is 12.1 Å². The van der Waals surface area contributed by atoms with E-state index in [1.165, 1.54) is 12.8 Å². The molecule has 0 aliphatic heterocycles. The number of nitrogens with zero attached hydrogens (tertiary/aromatic N) is 1. The molecule has 2 rings (SSSR count). The van der Waals surface area contributed by atoms with E-state index in [4.69, 9.17) is 11.6 Å². The molecule has 98 valence electrons. The van der Waals surface area contributed by atoms with Crippen molar-refractivity contribution in [3.05, 3.63) is 28.8 Å². The Morgan fingerprint density at radius 1 is 1.39 bits per heavy atom. The number of rotatable bonds is 5. The summed E-state index contributed by atoms with van der Waals surface area (Å²) in [6, 6.07) is 5.69. The Bertz CT molecular complexity index is 416. The molecule has 1 fully saturated rings. The average molecular weight is 268 g/mol. The predicted molar refractivity (Wildman–Crippen MR) is 73.5 cm³/mol. The van der Waals surface area contributed by atoms with E-state index in [9.17, 15) is 9.90 Å². The Balaban J connectivity index is 2.33. The van der Waals surface area contributed by atoms with Crippen LogP contribution in [0.1, 0.15) is 36.0 Å². The number of anilines is 1. The lowest BCUT2D eigenvalue weighted by Gasteiger charge is -2.31. The molecule has 0 radical (unpaired) electrons. The van der Waals surface area contributed by atoms with Crippen molar-refractivity contribution < 1.29 is 9.90 Å². The van der Waals surface area contributed by atoms with Gasteiger partial charge in [0, 0.05) is 28.9 Å². The summed E-state index contributed by atoms with van der Waals surface area (Å²) >= 11 is 6.02. The number of carbonyl (C=O) groups is 1. The molecule has 1 N–H and O–H groups in total. The summed E-state index contributed by atoms with van der Waals surface area (Å²) in [5.41, 5.74) is 1.48. The van der Waals surface area contributed by atoms with Gasteiger partial charge in [0.1, 0.15) is 0 Å². The van der Waals surface area contributed by atoms with Crippen LogP contribution < -0.4 is 4.90 Å². The molecule has 18 heavy (non-hydrogen) atoms. The Morgan fingerprint density at radius 3 is 2.72 bits per heavy atom. The van der Waals surface area contributed by atoms with E-state index in [2.05, 4.69) is 4.90 Å². The van der Waals surface area contributed by atoms with Gasteiger partial charge in [-0.1, -0.05) is 24.4 Å². The van der Waals surface area contributed by atoms with Crippen molar-refractivity contribution in [3.63, 3.8) is 0 Å². The van der Waals surface area contributed by atoms with Crippen molar-refractivity contribution in [1.82, 2.24) is 0 Å². The molecule has 3 nitrogen and oxygen atoms in total. The fourth-order valence-corrected chi connectivity index (χ4v) is 2.85. The zero-order chi connectivity index (χ0) is 13.0. The van der Waals surface area contributed by atoms with E-state index in [-0.39, 0.29) is 6.61 Å². The van der Waals surface area contributed by atoms with Crippen molar-refractivity contribution in [2.45, 2.75) is 31.7 Å². The number of aldehydes is 1. The third kappa shape index (κ3) is 2.85. The highest BCUT2D eigenvalue weighted by Gasteiger charge is 2.24. The van der Waals surface area contributed by atoms with Gasteiger partial charge >= 0.3 is 0 Å². The van der Waals surface area contributed by atoms with E-state index in [0.29, 0.717) is 23.2 Å². The molecule has 1 aliphatic carbocycles. The summed E-state index contributed by atoms with van der Waals surface area (Å²) in [4.78, 5) is 13.3. The zero-order valence-corrected chi connectivity index (χ0v) is 11.1. The number of benzene rings is 1. The van der Waals surface area contributed by atoms with E-state index < -0.39 is 0 Å². The monoisotopic (exact) mass is 267 g/mol. The number of hydrogen-bond donors (Lipinski definition) is 1. The summed E-state index contributed by atoms with van der Waals surface area (Å²) in [7, 11) is 0. The van der Waals surface area contributed by atoms with Crippen LogP contribution >= 0.6 is 11.6 Å². The van der Waals surface area contributed by atoms with Gasteiger partial charge < -0.3 is 10.0 Å². The quantitative estimate of drug-likeness (QED) is 0.834. The van der Waals surface area contributed by atoms with Crippen molar-refractivity contribution >= 4 is 23.6 Å². The first kappa shape index (κ1) is 13.4. The highest BCUT2D eigenvalue weighted by atomic mass is 35.5. The van der Waals surface area contributed by atoms with Crippen LogP contribution in [0.15, 0.2) is 18.2 Å². The molecule has 0 heterocycles. The second kappa shape index (κ2) is 6.21. The van der Waals surface area contributed by atoms with Crippen LogP contribution in [-0.4, -0.2) is 30.6 Å². The van der Waals surface area contributed by atoms with Gasteiger partial charge in [0.25, 0.3) is 0 Å². The zero-order valence-electron chi connectivity index (χ0n) is 10.3. The fraction of sp³-hybridized carbons (Fsp3) is 0.500. The van der Waals surface area contributed by atoms with Crippen molar-refractivity contribution in [3.8, 4) is 0 Å². The summed E-state index contributed by atoms with van der Waals surface area (Å²) in [6.45, 7) is 0.632. The molecule has 0 spiro atoms. The van der Waals surface area contributed by atoms with Gasteiger partial charge in [0.05, 0.1) is 6.61 Å². The van der Waals surface area contributed by atoms with Gasteiger partial charge in [-0.05, 0) is 31.0 Å². The minimum Gasteiger partial charge on any atom is -0.395 e. The molecule has 1 aromatic carbocycles. The smallest absolute Gasteiger partial charge is 0.152 e. The molecule has 4 heteroatoms. The SMILES string of the molecule is O=Cc1ccc(Cl)cc1N(CCO)C1CCCC1. The van der Waals surface area contributed by atoms with Crippen LogP contribution in [0.25, 0.3) is 0 Å². The van der Waals surface area contributed by atoms with Crippen molar-refractivity contribution in [2.24, 2.45) is 0 Å². The minimum atomic E-state index is 0.0846. The second-order valence-electron chi connectivity index (χ2n) is 4.68. The van der Waals surface area contributed by atoms with E-state index in [0.717, 1.165) is 24.8 Å². The molecule has 0 unspecified atom stereocenters. The fourth-order valence-electron chi connectivity index (χ4n) is 2.69. The second-order valence-corrected chi connectivity index (χ2v) is 5.11. The highest BCUT2D eigenvalue weighted by molar-refractivity contribution is 6.31. The van der Waals surface area contributed by atoms with Gasteiger partial charge in [0.2, 0.25) is 0 Å².